The Morgan fingerprint density at radius 1 is 0.720 bits per heavy atom. The van der Waals surface area contributed by atoms with Crippen LogP contribution in [0.15, 0.2) is 85.1 Å². The van der Waals surface area contributed by atoms with Crippen molar-refractivity contribution in [1.29, 1.82) is 0 Å². The molecule has 0 amide bonds. The molecule has 0 aliphatic carbocycles. The molecule has 0 aliphatic rings. The third-order valence-corrected chi connectivity index (χ3v) is 4.50. The van der Waals surface area contributed by atoms with E-state index in [-0.39, 0.29) is 0 Å². The molecule has 0 saturated heterocycles. The second-order valence-electron chi connectivity index (χ2n) is 6.38. The number of fused-ring (bicyclic) bond motifs is 1. The molecule has 0 saturated carbocycles. The number of hydrogen-bond donors (Lipinski definition) is 0. The van der Waals surface area contributed by atoms with Crippen molar-refractivity contribution in [3.8, 4) is 22.4 Å². The Kier molecular flexibility index (Phi) is 3.95. The van der Waals surface area contributed by atoms with Gasteiger partial charge in [-0.15, -0.1) is 0 Å². The van der Waals surface area contributed by atoms with Gasteiger partial charge in [0.15, 0.2) is 0 Å². The predicted molar refractivity (Wildman–Crippen MR) is 107 cm³/mol. The van der Waals surface area contributed by atoms with Crippen molar-refractivity contribution in [1.82, 2.24) is 4.98 Å². The highest BCUT2D eigenvalue weighted by Crippen LogP contribution is 2.37. The van der Waals surface area contributed by atoms with Crippen LogP contribution in [-0.2, 0) is 0 Å². The van der Waals surface area contributed by atoms with Crippen molar-refractivity contribution in [3.63, 3.8) is 0 Å². The Morgan fingerprint density at radius 2 is 1.36 bits per heavy atom. The molecule has 3 aromatic carbocycles. The van der Waals surface area contributed by atoms with E-state index in [9.17, 15) is 0 Å². The maximum atomic E-state index is 4.84. The maximum absolute atomic E-state index is 4.84. The van der Waals surface area contributed by atoms with Gasteiger partial charge in [-0.05, 0) is 23.1 Å². The van der Waals surface area contributed by atoms with Crippen molar-refractivity contribution < 1.29 is 0 Å². The summed E-state index contributed by atoms with van der Waals surface area (Å²) >= 11 is 0. The summed E-state index contributed by atoms with van der Waals surface area (Å²) in [4.78, 5) is 6.95. The van der Waals surface area contributed by atoms with Crippen LogP contribution in [0.4, 0.5) is 5.69 Å². The van der Waals surface area contributed by atoms with Crippen molar-refractivity contribution in [3.05, 3.63) is 85.1 Å². The zero-order valence-electron chi connectivity index (χ0n) is 14.5. The maximum Gasteiger partial charge on any atom is 0.0786 e. The number of anilines is 1. The molecule has 25 heavy (non-hydrogen) atoms. The Balaban J connectivity index is 2.04. The first-order valence-electron chi connectivity index (χ1n) is 8.45. The van der Waals surface area contributed by atoms with E-state index < -0.39 is 0 Å². The van der Waals surface area contributed by atoms with Crippen LogP contribution < -0.4 is 4.90 Å². The van der Waals surface area contributed by atoms with Gasteiger partial charge in [0.25, 0.3) is 0 Å². The highest BCUT2D eigenvalue weighted by molar-refractivity contribution is 6.03. The molecule has 0 aliphatic heterocycles. The molecule has 0 fully saturated rings. The molecule has 122 valence electrons. The Hall–Kier alpha value is -3.13. The Bertz CT molecular complexity index is 1010. The molecule has 4 rings (SSSR count). The summed E-state index contributed by atoms with van der Waals surface area (Å²) in [5, 5.41) is 2.38. The number of pyridine rings is 1. The first-order valence-corrected chi connectivity index (χ1v) is 8.45. The van der Waals surface area contributed by atoms with E-state index in [0.717, 1.165) is 16.6 Å². The third kappa shape index (κ3) is 2.87. The quantitative estimate of drug-likeness (QED) is 0.485. The van der Waals surface area contributed by atoms with Crippen LogP contribution in [0.2, 0.25) is 0 Å². The number of rotatable bonds is 3. The van der Waals surface area contributed by atoms with Gasteiger partial charge in [0.05, 0.1) is 5.69 Å². The molecular weight excluding hydrogens is 304 g/mol. The Labute approximate surface area is 148 Å². The molecule has 2 nitrogen and oxygen atoms in total. The lowest BCUT2D eigenvalue weighted by Crippen LogP contribution is -2.08. The zero-order chi connectivity index (χ0) is 17.2. The van der Waals surface area contributed by atoms with Crippen molar-refractivity contribution in [2.75, 3.05) is 19.0 Å². The van der Waals surface area contributed by atoms with Gasteiger partial charge in [0.1, 0.15) is 0 Å². The fourth-order valence-corrected chi connectivity index (χ4v) is 3.20. The van der Waals surface area contributed by atoms with Gasteiger partial charge < -0.3 is 4.90 Å². The molecule has 0 bridgehead atoms. The van der Waals surface area contributed by atoms with E-state index in [1.165, 1.54) is 22.2 Å². The number of hydrogen-bond acceptors (Lipinski definition) is 2. The van der Waals surface area contributed by atoms with Crippen LogP contribution in [0.25, 0.3) is 33.2 Å². The number of aromatic nitrogens is 1. The lowest BCUT2D eigenvalue weighted by Gasteiger charge is -2.16. The summed E-state index contributed by atoms with van der Waals surface area (Å²) in [6.45, 7) is 0. The predicted octanol–water partition coefficient (Wildman–Crippen LogP) is 5.63. The van der Waals surface area contributed by atoms with Crippen LogP contribution in [0.3, 0.4) is 0 Å². The van der Waals surface area contributed by atoms with Crippen LogP contribution in [0, 0.1) is 0 Å². The molecule has 2 heteroatoms. The second-order valence-corrected chi connectivity index (χ2v) is 6.38. The minimum atomic E-state index is 1.02. The van der Waals surface area contributed by atoms with Crippen LogP contribution >= 0.6 is 0 Å². The monoisotopic (exact) mass is 324 g/mol. The van der Waals surface area contributed by atoms with E-state index >= 15 is 0 Å². The lowest BCUT2D eigenvalue weighted by molar-refractivity contribution is 1.13. The largest absolute Gasteiger partial charge is 0.378 e. The van der Waals surface area contributed by atoms with Gasteiger partial charge in [-0.2, -0.15) is 0 Å². The van der Waals surface area contributed by atoms with Crippen LogP contribution in [0.1, 0.15) is 0 Å². The van der Waals surface area contributed by atoms with Gasteiger partial charge in [0.2, 0.25) is 0 Å². The average molecular weight is 324 g/mol. The summed E-state index contributed by atoms with van der Waals surface area (Å²) in [5.41, 5.74) is 5.73. The SMILES string of the molecule is CN(C)c1ccc2c(-c3ccccc3)c(-c3ccccc3)ncc2c1. The Morgan fingerprint density at radius 3 is 2.00 bits per heavy atom. The van der Waals surface area contributed by atoms with Crippen molar-refractivity contribution >= 4 is 16.5 Å². The fraction of sp³-hybridized carbons (Fsp3) is 0.0870. The van der Waals surface area contributed by atoms with E-state index in [1.807, 2.05) is 18.3 Å². The fourth-order valence-electron chi connectivity index (χ4n) is 3.20. The van der Waals surface area contributed by atoms with E-state index in [0.29, 0.717) is 0 Å². The normalized spacial score (nSPS) is 10.8. The van der Waals surface area contributed by atoms with Crippen molar-refractivity contribution in [2.45, 2.75) is 0 Å². The van der Waals surface area contributed by atoms with E-state index in [4.69, 9.17) is 4.98 Å². The second kappa shape index (κ2) is 6.40. The minimum absolute atomic E-state index is 1.02. The van der Waals surface area contributed by atoms with Gasteiger partial charge in [0, 0.05) is 42.5 Å². The molecule has 4 aromatic rings. The highest BCUT2D eigenvalue weighted by atomic mass is 15.1. The summed E-state index contributed by atoms with van der Waals surface area (Å²) < 4.78 is 0. The minimum Gasteiger partial charge on any atom is -0.378 e. The van der Waals surface area contributed by atoms with E-state index in [1.54, 1.807) is 0 Å². The van der Waals surface area contributed by atoms with Crippen molar-refractivity contribution in [2.24, 2.45) is 0 Å². The summed E-state index contributed by atoms with van der Waals surface area (Å²) in [6.07, 6.45) is 1.98. The molecule has 0 atom stereocenters. The number of benzene rings is 3. The molecule has 1 aromatic heterocycles. The average Bonchev–Trinajstić information content (AvgIpc) is 2.68. The van der Waals surface area contributed by atoms with Gasteiger partial charge in [-0.3, -0.25) is 4.98 Å². The highest BCUT2D eigenvalue weighted by Gasteiger charge is 2.13. The smallest absolute Gasteiger partial charge is 0.0786 e. The first kappa shape index (κ1) is 15.4. The molecule has 1 heterocycles. The summed E-state index contributed by atoms with van der Waals surface area (Å²) in [7, 11) is 4.12. The summed E-state index contributed by atoms with van der Waals surface area (Å²) in [5.74, 6) is 0. The first-order chi connectivity index (χ1) is 12.2. The zero-order valence-corrected chi connectivity index (χ0v) is 14.5. The molecule has 0 spiro atoms. The van der Waals surface area contributed by atoms with Gasteiger partial charge >= 0.3 is 0 Å². The topological polar surface area (TPSA) is 16.1 Å². The molecule has 0 unspecified atom stereocenters. The molecule has 0 N–H and O–H groups in total. The molecular formula is C23H20N2. The van der Waals surface area contributed by atoms with Crippen LogP contribution in [0.5, 0.6) is 0 Å². The van der Waals surface area contributed by atoms with Gasteiger partial charge in [-0.1, -0.05) is 66.7 Å². The summed E-state index contributed by atoms with van der Waals surface area (Å²) in [6, 6.07) is 27.5. The van der Waals surface area contributed by atoms with E-state index in [2.05, 4.69) is 85.7 Å². The van der Waals surface area contributed by atoms with Gasteiger partial charge in [-0.25, -0.2) is 0 Å². The molecule has 0 radical (unpaired) electrons. The third-order valence-electron chi connectivity index (χ3n) is 4.50. The lowest BCUT2D eigenvalue weighted by atomic mass is 9.94. The van der Waals surface area contributed by atoms with Crippen LogP contribution in [-0.4, -0.2) is 19.1 Å². The standard InChI is InChI=1S/C23H20N2/c1-25(2)20-13-14-21-19(15-20)16-24-23(18-11-7-4-8-12-18)22(21)17-9-5-3-6-10-17/h3-16H,1-2H3. The number of nitrogens with zero attached hydrogens (tertiary/aromatic N) is 2.